The van der Waals surface area contributed by atoms with Crippen LogP contribution in [0.3, 0.4) is 0 Å². The lowest BCUT2D eigenvalue weighted by molar-refractivity contribution is 0.0461. The fourth-order valence-corrected chi connectivity index (χ4v) is 4.83. The monoisotopic (exact) mass is 332 g/mol. The molecule has 5 heteroatoms. The maximum absolute atomic E-state index is 5.57. The van der Waals surface area contributed by atoms with E-state index in [1.54, 1.807) is 0 Å². The van der Waals surface area contributed by atoms with Gasteiger partial charge in [-0.3, -0.25) is 4.90 Å². The summed E-state index contributed by atoms with van der Waals surface area (Å²) in [5.74, 6) is 2.03. The van der Waals surface area contributed by atoms with Crippen molar-refractivity contribution < 1.29 is 4.74 Å². The van der Waals surface area contributed by atoms with Crippen molar-refractivity contribution in [3.63, 3.8) is 0 Å². The highest BCUT2D eigenvalue weighted by Gasteiger charge is 2.56. The molecule has 1 spiro atoms. The maximum atomic E-state index is 5.57. The largest absolute Gasteiger partial charge is 0.381 e. The summed E-state index contributed by atoms with van der Waals surface area (Å²) in [5.41, 5.74) is 0.597. The predicted octanol–water partition coefficient (Wildman–Crippen LogP) is 2.27. The smallest absolute Gasteiger partial charge is 0.122 e. The lowest BCUT2D eigenvalue weighted by atomic mass is 9.93. The molecule has 0 bridgehead atoms. The first-order valence-electron chi connectivity index (χ1n) is 9.83. The number of nitrogens with zero attached hydrogens (tertiary/aromatic N) is 3. The Kier molecular flexibility index (Phi) is 4.93. The highest BCUT2D eigenvalue weighted by atomic mass is 16.5. The summed E-state index contributed by atoms with van der Waals surface area (Å²) in [6.45, 7) is 9.75. The molecule has 1 aliphatic carbocycles. The third kappa shape index (κ3) is 3.39. The van der Waals surface area contributed by atoms with Gasteiger partial charge in [0.05, 0.1) is 6.54 Å². The van der Waals surface area contributed by atoms with Crippen LogP contribution in [0.5, 0.6) is 0 Å². The minimum absolute atomic E-state index is 0.597. The van der Waals surface area contributed by atoms with Crippen LogP contribution < -0.4 is 5.32 Å². The molecule has 0 radical (unpaired) electrons. The molecule has 0 amide bonds. The van der Waals surface area contributed by atoms with Crippen molar-refractivity contribution in [2.45, 2.75) is 58.2 Å². The minimum Gasteiger partial charge on any atom is -0.381 e. The fourth-order valence-electron chi connectivity index (χ4n) is 4.83. The van der Waals surface area contributed by atoms with Gasteiger partial charge in [0.2, 0.25) is 0 Å². The Bertz CT molecular complexity index is 531. The zero-order valence-corrected chi connectivity index (χ0v) is 15.0. The first-order valence-corrected chi connectivity index (χ1v) is 9.83. The number of hydrogen-bond acceptors (Lipinski definition) is 4. The van der Waals surface area contributed by atoms with Crippen molar-refractivity contribution in [2.75, 3.05) is 32.8 Å². The van der Waals surface area contributed by atoms with Crippen molar-refractivity contribution in [1.82, 2.24) is 19.8 Å². The topological polar surface area (TPSA) is 42.3 Å². The third-order valence-corrected chi connectivity index (χ3v) is 6.51. The Hall–Kier alpha value is -0.910. The molecule has 5 nitrogen and oxygen atoms in total. The van der Waals surface area contributed by atoms with Crippen LogP contribution in [0.2, 0.25) is 0 Å². The molecular weight excluding hydrogens is 300 g/mol. The van der Waals surface area contributed by atoms with Crippen LogP contribution in [0.25, 0.3) is 0 Å². The van der Waals surface area contributed by atoms with Gasteiger partial charge in [-0.15, -0.1) is 0 Å². The van der Waals surface area contributed by atoms with E-state index in [-0.39, 0.29) is 0 Å². The van der Waals surface area contributed by atoms with E-state index in [9.17, 15) is 0 Å². The summed E-state index contributed by atoms with van der Waals surface area (Å²) in [4.78, 5) is 7.42. The molecule has 1 aromatic rings. The number of piperidine rings is 1. The minimum atomic E-state index is 0.597. The molecule has 2 saturated heterocycles. The number of hydrogen-bond donors (Lipinski definition) is 1. The van der Waals surface area contributed by atoms with Crippen LogP contribution in [0.15, 0.2) is 12.4 Å². The van der Waals surface area contributed by atoms with E-state index < -0.39 is 0 Å². The van der Waals surface area contributed by atoms with Crippen molar-refractivity contribution >= 4 is 0 Å². The lowest BCUT2D eigenvalue weighted by Gasteiger charge is -2.33. The molecule has 0 unspecified atom stereocenters. The quantitative estimate of drug-likeness (QED) is 0.868. The van der Waals surface area contributed by atoms with Crippen LogP contribution in [0, 0.1) is 11.3 Å². The molecule has 1 atom stereocenters. The number of ether oxygens (including phenoxy) is 1. The molecule has 3 fully saturated rings. The van der Waals surface area contributed by atoms with E-state index in [0.717, 1.165) is 38.3 Å². The van der Waals surface area contributed by atoms with Gasteiger partial charge in [0.25, 0.3) is 0 Å². The average Bonchev–Trinajstić information content (AvgIpc) is 3.11. The highest BCUT2D eigenvalue weighted by Crippen LogP contribution is 2.56. The Morgan fingerprint density at radius 3 is 2.88 bits per heavy atom. The van der Waals surface area contributed by atoms with Crippen LogP contribution in [0.4, 0.5) is 0 Å². The fraction of sp³-hybridized carbons (Fsp3) is 0.842. The van der Waals surface area contributed by atoms with Gasteiger partial charge < -0.3 is 14.6 Å². The molecule has 2 aliphatic heterocycles. The second-order valence-electron chi connectivity index (χ2n) is 7.95. The molecule has 4 rings (SSSR count). The molecule has 1 aromatic heterocycles. The molecule has 1 saturated carbocycles. The Balaban J connectivity index is 1.46. The standard InChI is InChI=1S/C19H32N4O/c1-2-22-10-9-21-18(22)15-23(14-16-3-11-24-12-4-16)17-13-19(17)5-7-20-8-6-19/h9-10,16-17,20H,2-8,11-15H2,1H3/t17-/m0/s1. The summed E-state index contributed by atoms with van der Waals surface area (Å²) in [6.07, 6.45) is 10.6. The van der Waals surface area contributed by atoms with E-state index in [1.807, 2.05) is 6.20 Å². The van der Waals surface area contributed by atoms with Crippen molar-refractivity contribution in [3.8, 4) is 0 Å². The van der Waals surface area contributed by atoms with Crippen LogP contribution >= 0.6 is 0 Å². The molecule has 1 N–H and O–H groups in total. The first-order chi connectivity index (χ1) is 11.8. The molecule has 3 aliphatic rings. The summed E-state index contributed by atoms with van der Waals surface area (Å²) in [5, 5.41) is 3.53. The highest BCUT2D eigenvalue weighted by molar-refractivity contribution is 5.11. The summed E-state index contributed by atoms with van der Waals surface area (Å²) in [6, 6.07) is 0.768. The number of rotatable bonds is 6. The van der Waals surface area contributed by atoms with Gasteiger partial charge in [-0.05, 0) is 63.5 Å². The van der Waals surface area contributed by atoms with E-state index in [0.29, 0.717) is 5.41 Å². The Labute approximate surface area is 145 Å². The Morgan fingerprint density at radius 1 is 1.33 bits per heavy atom. The molecule has 134 valence electrons. The van der Waals surface area contributed by atoms with Crippen LogP contribution in [0.1, 0.15) is 44.9 Å². The second-order valence-corrected chi connectivity index (χ2v) is 7.95. The second kappa shape index (κ2) is 7.14. The summed E-state index contributed by atoms with van der Waals surface area (Å²) in [7, 11) is 0. The van der Waals surface area contributed by atoms with Crippen molar-refractivity contribution in [2.24, 2.45) is 11.3 Å². The Morgan fingerprint density at radius 2 is 2.12 bits per heavy atom. The maximum Gasteiger partial charge on any atom is 0.122 e. The van der Waals surface area contributed by atoms with Crippen molar-refractivity contribution in [1.29, 1.82) is 0 Å². The van der Waals surface area contributed by atoms with Gasteiger partial charge in [-0.25, -0.2) is 4.98 Å². The van der Waals surface area contributed by atoms with Gasteiger partial charge in [0, 0.05) is 44.7 Å². The van der Waals surface area contributed by atoms with Gasteiger partial charge in [-0.2, -0.15) is 0 Å². The van der Waals surface area contributed by atoms with E-state index in [1.165, 1.54) is 57.6 Å². The zero-order valence-electron chi connectivity index (χ0n) is 15.0. The van der Waals surface area contributed by atoms with Crippen molar-refractivity contribution in [3.05, 3.63) is 18.2 Å². The lowest BCUT2D eigenvalue weighted by Crippen LogP contribution is -2.39. The number of aromatic nitrogens is 2. The normalized spacial score (nSPS) is 27.0. The predicted molar refractivity (Wildman–Crippen MR) is 94.8 cm³/mol. The zero-order chi connectivity index (χ0) is 16.4. The average molecular weight is 332 g/mol. The number of aryl methyl sites for hydroxylation is 1. The van der Waals surface area contributed by atoms with E-state index >= 15 is 0 Å². The molecule has 0 aromatic carbocycles. The van der Waals surface area contributed by atoms with Gasteiger partial charge in [0.15, 0.2) is 0 Å². The summed E-state index contributed by atoms with van der Waals surface area (Å²) >= 11 is 0. The summed E-state index contributed by atoms with van der Waals surface area (Å²) < 4.78 is 7.87. The van der Waals surface area contributed by atoms with E-state index in [2.05, 4.69) is 32.9 Å². The van der Waals surface area contributed by atoms with Gasteiger partial charge in [0.1, 0.15) is 5.82 Å². The van der Waals surface area contributed by atoms with E-state index in [4.69, 9.17) is 4.74 Å². The molecule has 3 heterocycles. The number of imidazole rings is 1. The molecular formula is C19H32N4O. The SMILES string of the molecule is CCn1ccnc1CN(CC1CCOCC1)[C@H]1CC12CCNCC2. The van der Waals surface area contributed by atoms with Gasteiger partial charge >= 0.3 is 0 Å². The molecule has 24 heavy (non-hydrogen) atoms. The van der Waals surface area contributed by atoms with Gasteiger partial charge in [-0.1, -0.05) is 0 Å². The van der Waals surface area contributed by atoms with Crippen LogP contribution in [-0.2, 0) is 17.8 Å². The first kappa shape index (κ1) is 16.6. The third-order valence-electron chi connectivity index (χ3n) is 6.51. The number of nitrogens with one attached hydrogen (secondary N) is 1. The van der Waals surface area contributed by atoms with Crippen LogP contribution in [-0.4, -0.2) is 53.3 Å².